The van der Waals surface area contributed by atoms with Gasteiger partial charge in [0, 0.05) is 34.6 Å². The third-order valence-electron chi connectivity index (χ3n) is 7.08. The monoisotopic (exact) mass is 608 g/mol. The third kappa shape index (κ3) is 6.62. The predicted octanol–water partition coefficient (Wildman–Crippen LogP) is 5.32. The van der Waals surface area contributed by atoms with Crippen LogP contribution in [0, 0.1) is 6.92 Å². The molecule has 0 saturated carbocycles. The maximum Gasteiger partial charge on any atom is 0.357 e. The molecular weight excluding hydrogens is 576 g/mol. The number of nitrogens with zero attached hydrogens (tertiary/aromatic N) is 3. The molecule has 5 rings (SSSR count). The summed E-state index contributed by atoms with van der Waals surface area (Å²) in [6.07, 6.45) is 3.27. The molecular formula is C34H32N4O7. The maximum atomic E-state index is 13.3. The van der Waals surface area contributed by atoms with Gasteiger partial charge < -0.3 is 29.0 Å². The molecule has 1 N–H and O–H groups in total. The summed E-state index contributed by atoms with van der Waals surface area (Å²) >= 11 is 0. The van der Waals surface area contributed by atoms with E-state index < -0.39 is 5.97 Å². The molecule has 0 bridgehead atoms. The molecule has 11 heteroatoms. The van der Waals surface area contributed by atoms with Crippen LogP contribution in [0.2, 0.25) is 0 Å². The number of amides is 1. The second-order valence-corrected chi connectivity index (χ2v) is 9.87. The lowest BCUT2D eigenvalue weighted by Gasteiger charge is -2.19. The van der Waals surface area contributed by atoms with Crippen LogP contribution in [0.4, 0.5) is 0 Å². The molecule has 0 unspecified atom stereocenters. The van der Waals surface area contributed by atoms with Gasteiger partial charge in [-0.05, 0) is 72.5 Å². The lowest BCUT2D eigenvalue weighted by atomic mass is 9.94. The van der Waals surface area contributed by atoms with E-state index in [1.165, 1.54) is 28.4 Å². The molecule has 230 valence electrons. The molecule has 0 fully saturated rings. The Morgan fingerprint density at radius 3 is 2.24 bits per heavy atom. The van der Waals surface area contributed by atoms with Crippen LogP contribution in [0.15, 0.2) is 73.1 Å². The zero-order valence-electron chi connectivity index (χ0n) is 25.5. The van der Waals surface area contributed by atoms with Gasteiger partial charge in [0.15, 0.2) is 17.2 Å². The Morgan fingerprint density at radius 2 is 1.60 bits per heavy atom. The van der Waals surface area contributed by atoms with Crippen molar-refractivity contribution in [2.45, 2.75) is 20.1 Å². The number of aryl methyl sites for hydroxylation is 1. The Morgan fingerprint density at radius 1 is 0.822 bits per heavy atom. The second kappa shape index (κ2) is 13.7. The minimum atomic E-state index is -0.659. The highest BCUT2D eigenvalue weighted by Gasteiger charge is 2.25. The first-order chi connectivity index (χ1) is 21.9. The van der Waals surface area contributed by atoms with Gasteiger partial charge in [-0.25, -0.2) is 9.78 Å². The summed E-state index contributed by atoms with van der Waals surface area (Å²) in [7, 11) is 5.83. The summed E-state index contributed by atoms with van der Waals surface area (Å²) in [5.74, 6) is 0.774. The summed E-state index contributed by atoms with van der Waals surface area (Å²) in [5, 5.41) is 4.23. The number of carbonyl (C=O) groups excluding carboxylic acids is 2. The van der Waals surface area contributed by atoms with Crippen LogP contribution in [-0.2, 0) is 17.9 Å². The normalized spacial score (nSPS) is 10.7. The van der Waals surface area contributed by atoms with E-state index in [1.54, 1.807) is 42.7 Å². The fraction of sp³-hybridized carbons (Fsp3) is 0.206. The Labute approximate surface area is 260 Å². The van der Waals surface area contributed by atoms with Crippen molar-refractivity contribution in [3.8, 4) is 34.1 Å². The number of hydrogen-bond donors (Lipinski definition) is 1. The van der Waals surface area contributed by atoms with Gasteiger partial charge >= 0.3 is 5.97 Å². The number of methoxy groups -OCH3 is 4. The maximum absolute atomic E-state index is 13.3. The molecule has 0 aliphatic heterocycles. The number of benzene rings is 2. The topological polar surface area (TPSA) is 131 Å². The highest BCUT2D eigenvalue weighted by Crippen LogP contribution is 2.44. The number of esters is 1. The van der Waals surface area contributed by atoms with Crippen LogP contribution in [0.5, 0.6) is 23.0 Å². The molecule has 0 spiro atoms. The molecule has 0 radical (unpaired) electrons. The highest BCUT2D eigenvalue weighted by atomic mass is 16.5. The minimum absolute atomic E-state index is 0.0138. The number of fused-ring (bicyclic) bond motifs is 1. The Bertz CT molecular complexity index is 1840. The predicted molar refractivity (Wildman–Crippen MR) is 167 cm³/mol. The quantitative estimate of drug-likeness (QED) is 0.197. The smallest absolute Gasteiger partial charge is 0.357 e. The number of ether oxygens (including phenoxy) is 5. The number of nitrogens with one attached hydrogen (secondary N) is 1. The van der Waals surface area contributed by atoms with E-state index >= 15 is 0 Å². The van der Waals surface area contributed by atoms with Gasteiger partial charge in [-0.1, -0.05) is 6.07 Å². The van der Waals surface area contributed by atoms with E-state index in [2.05, 4.69) is 15.3 Å². The molecule has 0 saturated heterocycles. The number of hydrogen-bond acceptors (Lipinski definition) is 10. The first kappa shape index (κ1) is 30.7. The number of aromatic nitrogens is 3. The van der Waals surface area contributed by atoms with Gasteiger partial charge in [0.25, 0.3) is 5.91 Å². The van der Waals surface area contributed by atoms with Gasteiger partial charge in [0.1, 0.15) is 12.4 Å². The van der Waals surface area contributed by atoms with Crippen LogP contribution >= 0.6 is 0 Å². The van der Waals surface area contributed by atoms with Crippen molar-refractivity contribution in [1.82, 2.24) is 20.3 Å². The van der Waals surface area contributed by atoms with E-state index in [4.69, 9.17) is 28.7 Å². The number of carbonyl (C=O) groups is 2. The van der Waals surface area contributed by atoms with Crippen molar-refractivity contribution in [2.75, 3.05) is 28.4 Å². The third-order valence-corrected chi connectivity index (χ3v) is 7.08. The second-order valence-electron chi connectivity index (χ2n) is 9.87. The first-order valence-corrected chi connectivity index (χ1v) is 14.0. The number of pyridine rings is 3. The van der Waals surface area contributed by atoms with E-state index in [9.17, 15) is 9.59 Å². The largest absolute Gasteiger partial charge is 0.493 e. The summed E-state index contributed by atoms with van der Waals surface area (Å²) in [4.78, 5) is 39.6. The highest BCUT2D eigenvalue weighted by molar-refractivity contribution is 6.08. The van der Waals surface area contributed by atoms with Crippen molar-refractivity contribution >= 4 is 22.6 Å². The molecule has 45 heavy (non-hydrogen) atoms. The van der Waals surface area contributed by atoms with E-state index in [-0.39, 0.29) is 24.8 Å². The molecule has 3 aromatic heterocycles. The Hall–Kier alpha value is -5.71. The van der Waals surface area contributed by atoms with Crippen molar-refractivity contribution < 1.29 is 33.3 Å². The standard InChI is InChI=1S/C34H32N4O7/c1-20-14-21(11-13-35-20)33(39)37-18-27-26-17-24(45-19-23-8-6-7-12-36-23)9-10-25(26)30(31(38-27)34(40)44-5)22-15-28(41-2)32(43-4)29(16-22)42-3/h6-17H,18-19H2,1-5H3,(H,37,39). The lowest BCUT2D eigenvalue weighted by Crippen LogP contribution is -2.24. The van der Waals surface area contributed by atoms with E-state index in [1.807, 2.05) is 37.3 Å². The summed E-state index contributed by atoms with van der Waals surface area (Å²) < 4.78 is 27.9. The van der Waals surface area contributed by atoms with Crippen molar-refractivity contribution in [2.24, 2.45) is 0 Å². The molecule has 0 aliphatic rings. The van der Waals surface area contributed by atoms with Crippen LogP contribution in [0.25, 0.3) is 21.9 Å². The molecule has 1 amide bonds. The molecule has 0 aliphatic carbocycles. The number of rotatable bonds is 11. The zero-order chi connectivity index (χ0) is 31.9. The Balaban J connectivity index is 1.67. The SMILES string of the molecule is COC(=O)c1nc(CNC(=O)c2ccnc(C)c2)c2cc(OCc3ccccn3)ccc2c1-c1cc(OC)c(OC)c(OC)c1. The minimum Gasteiger partial charge on any atom is -0.493 e. The molecule has 3 heterocycles. The lowest BCUT2D eigenvalue weighted by molar-refractivity contribution is 0.0595. The van der Waals surface area contributed by atoms with Crippen molar-refractivity contribution in [3.05, 3.63) is 101 Å². The molecule has 2 aromatic carbocycles. The molecule has 5 aromatic rings. The summed E-state index contributed by atoms with van der Waals surface area (Å²) in [5.41, 5.74) is 3.46. The van der Waals surface area contributed by atoms with Crippen molar-refractivity contribution in [3.63, 3.8) is 0 Å². The van der Waals surface area contributed by atoms with E-state index in [0.717, 1.165) is 5.69 Å². The van der Waals surface area contributed by atoms with Crippen molar-refractivity contribution in [1.29, 1.82) is 0 Å². The Kier molecular flexibility index (Phi) is 9.37. The van der Waals surface area contributed by atoms with Gasteiger partial charge in [-0.2, -0.15) is 0 Å². The molecule has 0 atom stereocenters. The fourth-order valence-electron chi connectivity index (χ4n) is 4.94. The van der Waals surface area contributed by atoms with Gasteiger partial charge in [-0.15, -0.1) is 0 Å². The van der Waals surface area contributed by atoms with Crippen LogP contribution in [0.1, 0.15) is 37.9 Å². The van der Waals surface area contributed by atoms with E-state index in [0.29, 0.717) is 61.8 Å². The zero-order valence-corrected chi connectivity index (χ0v) is 25.5. The fourth-order valence-corrected chi connectivity index (χ4v) is 4.94. The average molecular weight is 609 g/mol. The summed E-state index contributed by atoms with van der Waals surface area (Å²) in [6.45, 7) is 2.07. The summed E-state index contributed by atoms with van der Waals surface area (Å²) in [6, 6.07) is 17.9. The van der Waals surface area contributed by atoms with Gasteiger partial charge in [0.2, 0.25) is 5.75 Å². The molecule has 11 nitrogen and oxygen atoms in total. The van der Waals surface area contributed by atoms with Gasteiger partial charge in [-0.3, -0.25) is 14.8 Å². The van der Waals surface area contributed by atoms with Crippen LogP contribution in [0.3, 0.4) is 0 Å². The van der Waals surface area contributed by atoms with Crippen LogP contribution < -0.4 is 24.3 Å². The first-order valence-electron chi connectivity index (χ1n) is 14.0. The van der Waals surface area contributed by atoms with Crippen LogP contribution in [-0.4, -0.2) is 55.3 Å². The average Bonchev–Trinajstić information content (AvgIpc) is 3.08. The van der Waals surface area contributed by atoms with Gasteiger partial charge in [0.05, 0.1) is 46.4 Å².